The molecular formula is C4H4BrFN2. The number of aromatic nitrogens is 2. The molecule has 0 saturated heterocycles. The van der Waals surface area contributed by atoms with Gasteiger partial charge >= 0.3 is 0 Å². The van der Waals surface area contributed by atoms with Crippen molar-refractivity contribution in [1.82, 2.24) is 5.10 Å². The molecule has 1 aromatic heterocycles. The lowest BCUT2D eigenvalue weighted by molar-refractivity contribution is -0.891. The van der Waals surface area contributed by atoms with Gasteiger partial charge in [0.25, 0.3) is 0 Å². The van der Waals surface area contributed by atoms with Crippen LogP contribution < -0.4 is 21.9 Å². The molecule has 8 heavy (non-hydrogen) atoms. The van der Waals surface area contributed by atoms with E-state index < -0.39 is 0 Å². The standard InChI is InChI=1S/C4H4FN2.BrH/c5-7-4-2-1-3-6-7;/h1-4H;1H/q+1;/p-1. The van der Waals surface area contributed by atoms with Crippen LogP contribution in [0.3, 0.4) is 0 Å². The van der Waals surface area contributed by atoms with Crippen LogP contribution in [-0.4, -0.2) is 5.10 Å². The van der Waals surface area contributed by atoms with E-state index in [-0.39, 0.29) is 21.9 Å². The second-order valence-electron chi connectivity index (χ2n) is 1.09. The molecule has 0 atom stereocenters. The number of rotatable bonds is 0. The first kappa shape index (κ1) is 7.49. The van der Waals surface area contributed by atoms with E-state index in [1.807, 2.05) is 0 Å². The van der Waals surface area contributed by atoms with Crippen LogP contribution in [0.15, 0.2) is 24.5 Å². The molecular weight excluding hydrogens is 175 g/mol. The summed E-state index contributed by atoms with van der Waals surface area (Å²) in [6.07, 6.45) is 2.60. The van der Waals surface area contributed by atoms with E-state index in [4.69, 9.17) is 0 Å². The van der Waals surface area contributed by atoms with Gasteiger partial charge in [0, 0.05) is 11.2 Å². The Morgan fingerprint density at radius 1 is 1.38 bits per heavy atom. The lowest BCUT2D eigenvalue weighted by Crippen LogP contribution is -3.00. The molecule has 0 aliphatic carbocycles. The highest BCUT2D eigenvalue weighted by Crippen LogP contribution is 1.68. The predicted molar refractivity (Wildman–Crippen MR) is 20.9 cm³/mol. The van der Waals surface area contributed by atoms with E-state index in [2.05, 4.69) is 5.10 Å². The van der Waals surface area contributed by atoms with Crippen molar-refractivity contribution in [2.45, 2.75) is 0 Å². The maximum Gasteiger partial charge on any atom is 0.250 e. The molecule has 4 heteroatoms. The maximum atomic E-state index is 11.7. The molecule has 1 heterocycles. The van der Waals surface area contributed by atoms with Crippen LogP contribution in [0.25, 0.3) is 0 Å². The highest BCUT2D eigenvalue weighted by Gasteiger charge is 1.88. The molecule has 0 amide bonds. The number of nitrogens with zero attached hydrogens (tertiary/aromatic N) is 2. The Morgan fingerprint density at radius 2 is 2.12 bits per heavy atom. The highest BCUT2D eigenvalue weighted by atomic mass is 79.9. The fourth-order valence-corrected chi connectivity index (χ4v) is 0.311. The summed E-state index contributed by atoms with van der Waals surface area (Å²) in [6, 6.07) is 3.21. The molecule has 0 aromatic carbocycles. The van der Waals surface area contributed by atoms with Crippen LogP contribution in [0.5, 0.6) is 0 Å². The third kappa shape index (κ3) is 1.97. The number of halogens is 2. The average Bonchev–Trinajstić information content (AvgIpc) is 1.69. The smallest absolute Gasteiger partial charge is 0.250 e. The summed E-state index contributed by atoms with van der Waals surface area (Å²) in [7, 11) is 0. The summed E-state index contributed by atoms with van der Waals surface area (Å²) >= 11 is 0. The second-order valence-corrected chi connectivity index (χ2v) is 1.09. The van der Waals surface area contributed by atoms with E-state index in [0.29, 0.717) is 0 Å². The summed E-state index contributed by atoms with van der Waals surface area (Å²) in [5.74, 6) is 0. The number of hydrogen-bond acceptors (Lipinski definition) is 1. The fraction of sp³-hybridized carbons (Fsp3) is 0. The molecule has 44 valence electrons. The number of hydrogen-bond donors (Lipinski definition) is 0. The monoisotopic (exact) mass is 178 g/mol. The summed E-state index contributed by atoms with van der Waals surface area (Å²) in [4.78, 5) is 0.250. The van der Waals surface area contributed by atoms with E-state index in [1.165, 1.54) is 12.4 Å². The predicted octanol–water partition coefficient (Wildman–Crippen LogP) is -2.89. The molecule has 0 aliphatic rings. The zero-order chi connectivity index (χ0) is 5.11. The summed E-state index contributed by atoms with van der Waals surface area (Å²) < 4.78 is 11.7. The van der Waals surface area contributed by atoms with Crippen molar-refractivity contribution in [3.63, 3.8) is 0 Å². The van der Waals surface area contributed by atoms with Crippen LogP contribution in [0, 0.1) is 0 Å². The highest BCUT2D eigenvalue weighted by molar-refractivity contribution is 4.76. The van der Waals surface area contributed by atoms with Crippen LogP contribution in [0.1, 0.15) is 0 Å². The van der Waals surface area contributed by atoms with Gasteiger partial charge in [-0.3, -0.25) is 0 Å². The normalized spacial score (nSPS) is 7.62. The molecule has 0 aliphatic heterocycles. The van der Waals surface area contributed by atoms with E-state index in [9.17, 15) is 4.48 Å². The van der Waals surface area contributed by atoms with Gasteiger partial charge in [-0.25, -0.2) is 0 Å². The molecule has 0 unspecified atom stereocenters. The van der Waals surface area contributed by atoms with Gasteiger partial charge in [0.05, 0.1) is 6.20 Å². The van der Waals surface area contributed by atoms with Crippen molar-refractivity contribution >= 4 is 0 Å². The molecule has 0 saturated carbocycles. The quantitative estimate of drug-likeness (QED) is 0.417. The van der Waals surface area contributed by atoms with Crippen molar-refractivity contribution < 1.29 is 26.4 Å². The van der Waals surface area contributed by atoms with Gasteiger partial charge < -0.3 is 17.0 Å². The molecule has 0 fully saturated rings. The minimum absolute atomic E-state index is 0. The Kier molecular flexibility index (Phi) is 3.26. The van der Waals surface area contributed by atoms with Gasteiger partial charge in [-0.05, 0) is 6.07 Å². The van der Waals surface area contributed by atoms with E-state index in [1.54, 1.807) is 12.1 Å². The first-order valence-electron chi connectivity index (χ1n) is 1.89. The molecule has 1 aromatic rings. The zero-order valence-corrected chi connectivity index (χ0v) is 5.55. The maximum absolute atomic E-state index is 11.7. The first-order chi connectivity index (χ1) is 3.39. The van der Waals surface area contributed by atoms with Crippen LogP contribution in [0.4, 0.5) is 4.48 Å². The van der Waals surface area contributed by atoms with Crippen molar-refractivity contribution in [2.75, 3.05) is 0 Å². The second kappa shape index (κ2) is 3.49. The van der Waals surface area contributed by atoms with E-state index >= 15 is 0 Å². The van der Waals surface area contributed by atoms with Gasteiger partial charge in [0.1, 0.15) is 9.39 Å². The van der Waals surface area contributed by atoms with Crippen molar-refractivity contribution in [1.29, 1.82) is 0 Å². The van der Waals surface area contributed by atoms with Gasteiger partial charge in [-0.1, -0.05) is 0 Å². The Bertz CT molecular complexity index is 144. The molecule has 0 bridgehead atoms. The minimum Gasteiger partial charge on any atom is -1.00 e. The van der Waals surface area contributed by atoms with Crippen molar-refractivity contribution in [2.24, 2.45) is 0 Å². The third-order valence-electron chi connectivity index (χ3n) is 0.583. The summed E-state index contributed by atoms with van der Waals surface area (Å²) in [5, 5.41) is 3.23. The molecule has 2 nitrogen and oxygen atoms in total. The van der Waals surface area contributed by atoms with Crippen molar-refractivity contribution in [3.05, 3.63) is 24.5 Å². The zero-order valence-electron chi connectivity index (χ0n) is 3.96. The molecule has 0 N–H and O–H groups in total. The Balaban J connectivity index is 0.000000490. The lowest BCUT2D eigenvalue weighted by atomic mass is 10.6. The molecule has 0 spiro atoms. The molecule has 1 rings (SSSR count). The first-order valence-corrected chi connectivity index (χ1v) is 1.89. The van der Waals surface area contributed by atoms with Crippen LogP contribution >= 0.6 is 0 Å². The van der Waals surface area contributed by atoms with E-state index in [0.717, 1.165) is 0 Å². The Morgan fingerprint density at radius 3 is 2.38 bits per heavy atom. The van der Waals surface area contributed by atoms with Crippen LogP contribution in [-0.2, 0) is 0 Å². The van der Waals surface area contributed by atoms with Crippen molar-refractivity contribution in [3.8, 4) is 0 Å². The topological polar surface area (TPSA) is 16.8 Å². The fourth-order valence-electron chi connectivity index (χ4n) is 0.311. The van der Waals surface area contributed by atoms with Gasteiger partial charge in [0.15, 0.2) is 0 Å². The average molecular weight is 179 g/mol. The van der Waals surface area contributed by atoms with Gasteiger partial charge in [0.2, 0.25) is 6.20 Å². The summed E-state index contributed by atoms with van der Waals surface area (Å²) in [5.41, 5.74) is 0. The third-order valence-corrected chi connectivity index (χ3v) is 0.583. The van der Waals surface area contributed by atoms with Gasteiger partial charge in [-0.2, -0.15) is 0 Å². The molecule has 0 radical (unpaired) electrons. The Labute approximate surface area is 56.7 Å². The summed E-state index contributed by atoms with van der Waals surface area (Å²) in [6.45, 7) is 0. The van der Waals surface area contributed by atoms with Gasteiger partial charge in [-0.15, -0.1) is 0 Å². The SMILES string of the molecule is F[n+]1ccccn1.[Br-]. The minimum atomic E-state index is 0. The largest absolute Gasteiger partial charge is 1.00 e. The Hall–Kier alpha value is -0.510. The van der Waals surface area contributed by atoms with Crippen LogP contribution in [0.2, 0.25) is 0 Å². The lowest BCUT2D eigenvalue weighted by Gasteiger charge is -1.67.